The topological polar surface area (TPSA) is 95.7 Å². The van der Waals surface area contributed by atoms with Crippen LogP contribution in [0, 0.1) is 5.82 Å². The normalized spacial score (nSPS) is 11.4. The van der Waals surface area contributed by atoms with Gasteiger partial charge in [0.1, 0.15) is 10.7 Å². The van der Waals surface area contributed by atoms with Crippen molar-refractivity contribution < 1.29 is 27.1 Å². The van der Waals surface area contributed by atoms with Crippen molar-refractivity contribution in [1.82, 2.24) is 0 Å². The van der Waals surface area contributed by atoms with E-state index >= 15 is 0 Å². The first kappa shape index (κ1) is 16.8. The molecular formula is C11H13ClFNO5S. The lowest BCUT2D eigenvalue weighted by Crippen LogP contribution is -2.16. The number of primary sulfonamides is 1. The fourth-order valence-corrected chi connectivity index (χ4v) is 2.44. The van der Waals surface area contributed by atoms with E-state index in [2.05, 4.69) is 0 Å². The van der Waals surface area contributed by atoms with Crippen LogP contribution in [0.4, 0.5) is 4.39 Å². The van der Waals surface area contributed by atoms with Crippen molar-refractivity contribution in [1.29, 1.82) is 0 Å². The largest absolute Gasteiger partial charge is 0.462 e. The van der Waals surface area contributed by atoms with Crippen LogP contribution < -0.4 is 5.14 Å². The third-order valence-electron chi connectivity index (χ3n) is 2.27. The van der Waals surface area contributed by atoms with Gasteiger partial charge in [0.25, 0.3) is 0 Å². The molecule has 0 aliphatic rings. The van der Waals surface area contributed by atoms with Crippen LogP contribution in [0.1, 0.15) is 16.8 Å². The summed E-state index contributed by atoms with van der Waals surface area (Å²) in [4.78, 5) is 11.1. The van der Waals surface area contributed by atoms with Crippen LogP contribution >= 0.6 is 11.6 Å². The van der Waals surface area contributed by atoms with E-state index in [1.807, 2.05) is 0 Å². The predicted octanol–water partition coefficient (Wildman–Crippen LogP) is 1.32. The Hall–Kier alpha value is -1.22. The van der Waals surface area contributed by atoms with Gasteiger partial charge in [0.2, 0.25) is 10.0 Å². The maximum absolute atomic E-state index is 13.6. The van der Waals surface area contributed by atoms with Gasteiger partial charge in [-0.2, -0.15) is 0 Å². The first-order chi connectivity index (χ1) is 9.27. The molecule has 112 valence electrons. The van der Waals surface area contributed by atoms with Crippen LogP contribution in [0.2, 0.25) is 5.02 Å². The molecule has 0 unspecified atom stereocenters. The number of nitrogens with two attached hydrogens (primary N) is 1. The molecule has 1 aromatic carbocycles. The lowest BCUT2D eigenvalue weighted by atomic mass is 10.2. The zero-order chi connectivity index (χ0) is 15.3. The minimum atomic E-state index is -4.16. The Morgan fingerprint density at radius 3 is 2.60 bits per heavy atom. The molecule has 0 fully saturated rings. The van der Waals surface area contributed by atoms with E-state index < -0.39 is 37.3 Å². The van der Waals surface area contributed by atoms with E-state index in [9.17, 15) is 17.6 Å². The first-order valence-corrected chi connectivity index (χ1v) is 7.37. The molecule has 1 rings (SSSR count). The van der Waals surface area contributed by atoms with Crippen molar-refractivity contribution in [3.8, 4) is 0 Å². The summed E-state index contributed by atoms with van der Waals surface area (Å²) in [5.74, 6) is -1.99. The Labute approximate surface area is 120 Å². The summed E-state index contributed by atoms with van der Waals surface area (Å²) in [7, 11) is -2.68. The molecule has 0 radical (unpaired) electrons. The van der Waals surface area contributed by atoms with Gasteiger partial charge in [-0.1, -0.05) is 11.6 Å². The SMILES string of the molecule is COCCCOC(=O)c1cc(S(N)(=O)=O)c(Cl)cc1F. The molecule has 20 heavy (non-hydrogen) atoms. The molecule has 1 aromatic rings. The zero-order valence-electron chi connectivity index (χ0n) is 10.6. The molecular weight excluding hydrogens is 313 g/mol. The van der Waals surface area contributed by atoms with Gasteiger partial charge in [-0.25, -0.2) is 22.7 Å². The van der Waals surface area contributed by atoms with Crippen molar-refractivity contribution in [2.45, 2.75) is 11.3 Å². The molecule has 0 saturated heterocycles. The Morgan fingerprint density at radius 2 is 2.05 bits per heavy atom. The Bertz CT molecular complexity index is 605. The number of hydrogen-bond acceptors (Lipinski definition) is 5. The number of sulfonamides is 1. The summed E-state index contributed by atoms with van der Waals surface area (Å²) in [5.41, 5.74) is -0.546. The summed E-state index contributed by atoms with van der Waals surface area (Å²) < 4.78 is 45.6. The van der Waals surface area contributed by atoms with Crippen molar-refractivity contribution in [2.75, 3.05) is 20.3 Å². The van der Waals surface area contributed by atoms with Crippen molar-refractivity contribution in [3.63, 3.8) is 0 Å². The number of hydrogen-bond donors (Lipinski definition) is 1. The van der Waals surface area contributed by atoms with E-state index in [0.29, 0.717) is 19.1 Å². The minimum Gasteiger partial charge on any atom is -0.462 e. The lowest BCUT2D eigenvalue weighted by Gasteiger charge is -2.08. The second kappa shape index (κ2) is 6.98. The van der Waals surface area contributed by atoms with E-state index in [-0.39, 0.29) is 6.61 Å². The Balaban J connectivity index is 2.98. The van der Waals surface area contributed by atoms with Crippen molar-refractivity contribution in [2.24, 2.45) is 5.14 Å². The molecule has 2 N–H and O–H groups in total. The van der Waals surface area contributed by atoms with Crippen molar-refractivity contribution >= 4 is 27.6 Å². The highest BCUT2D eigenvalue weighted by atomic mass is 35.5. The van der Waals surface area contributed by atoms with Gasteiger partial charge in [-0.15, -0.1) is 0 Å². The molecule has 9 heteroatoms. The second-order valence-electron chi connectivity index (χ2n) is 3.79. The zero-order valence-corrected chi connectivity index (χ0v) is 12.1. The number of methoxy groups -OCH3 is 1. The number of halogens is 2. The quantitative estimate of drug-likeness (QED) is 0.628. The molecule has 0 aliphatic heterocycles. The number of benzene rings is 1. The number of carbonyl (C=O) groups excluding carboxylic acids is 1. The van der Waals surface area contributed by atoms with E-state index in [1.165, 1.54) is 7.11 Å². The monoisotopic (exact) mass is 325 g/mol. The van der Waals surface area contributed by atoms with Gasteiger partial charge in [-0.3, -0.25) is 0 Å². The third kappa shape index (κ3) is 4.41. The molecule has 0 aromatic heterocycles. The Kier molecular flexibility index (Phi) is 5.88. The third-order valence-corrected chi connectivity index (χ3v) is 3.65. The van der Waals surface area contributed by atoms with Crippen LogP contribution in [-0.4, -0.2) is 34.7 Å². The van der Waals surface area contributed by atoms with E-state index in [0.717, 1.165) is 6.07 Å². The number of esters is 1. The van der Waals surface area contributed by atoms with Crippen molar-refractivity contribution in [3.05, 3.63) is 28.5 Å². The fourth-order valence-electron chi connectivity index (χ4n) is 1.35. The highest BCUT2D eigenvalue weighted by Crippen LogP contribution is 2.24. The average molecular weight is 326 g/mol. The van der Waals surface area contributed by atoms with Gasteiger partial charge in [0, 0.05) is 20.1 Å². The van der Waals surface area contributed by atoms with Crippen LogP contribution in [-0.2, 0) is 19.5 Å². The molecule has 0 spiro atoms. The predicted molar refractivity (Wildman–Crippen MR) is 69.6 cm³/mol. The maximum Gasteiger partial charge on any atom is 0.341 e. The Morgan fingerprint density at radius 1 is 1.40 bits per heavy atom. The van der Waals surface area contributed by atoms with Gasteiger partial charge in [-0.05, 0) is 12.1 Å². The van der Waals surface area contributed by atoms with E-state index in [1.54, 1.807) is 0 Å². The lowest BCUT2D eigenvalue weighted by molar-refractivity contribution is 0.0463. The fraction of sp³-hybridized carbons (Fsp3) is 0.364. The summed E-state index contributed by atoms with van der Waals surface area (Å²) in [6.45, 7) is 0.387. The molecule has 0 heterocycles. The molecule has 0 saturated carbocycles. The summed E-state index contributed by atoms with van der Waals surface area (Å²) in [5, 5.41) is 4.51. The van der Waals surface area contributed by atoms with Crippen LogP contribution in [0.25, 0.3) is 0 Å². The molecule has 0 atom stereocenters. The van der Waals surface area contributed by atoms with Crippen LogP contribution in [0.3, 0.4) is 0 Å². The number of carbonyl (C=O) groups is 1. The number of rotatable bonds is 6. The standard InChI is InChI=1S/C11H13ClFNO5S/c1-18-3-2-4-19-11(15)7-5-10(20(14,16)17)8(12)6-9(7)13/h5-6H,2-4H2,1H3,(H2,14,16,17). The highest BCUT2D eigenvalue weighted by molar-refractivity contribution is 7.89. The summed E-state index contributed by atoms with van der Waals surface area (Å²) in [6.07, 6.45) is 0.430. The first-order valence-electron chi connectivity index (χ1n) is 5.45. The van der Waals surface area contributed by atoms with Gasteiger partial charge < -0.3 is 9.47 Å². The van der Waals surface area contributed by atoms with E-state index in [4.69, 9.17) is 26.2 Å². The summed E-state index contributed by atoms with van der Waals surface area (Å²) in [6, 6.07) is 1.46. The molecule has 0 aliphatic carbocycles. The highest BCUT2D eigenvalue weighted by Gasteiger charge is 2.21. The summed E-state index contributed by atoms with van der Waals surface area (Å²) >= 11 is 5.57. The van der Waals surface area contributed by atoms with Crippen LogP contribution in [0.15, 0.2) is 17.0 Å². The van der Waals surface area contributed by atoms with Gasteiger partial charge in [0.15, 0.2) is 0 Å². The molecule has 0 amide bonds. The smallest absolute Gasteiger partial charge is 0.341 e. The second-order valence-corrected chi connectivity index (χ2v) is 5.73. The average Bonchev–Trinajstić information content (AvgIpc) is 2.32. The van der Waals surface area contributed by atoms with Gasteiger partial charge >= 0.3 is 5.97 Å². The minimum absolute atomic E-state index is 0.0133. The van der Waals surface area contributed by atoms with Crippen LogP contribution in [0.5, 0.6) is 0 Å². The number of ether oxygens (including phenoxy) is 2. The maximum atomic E-state index is 13.6. The molecule has 6 nitrogen and oxygen atoms in total. The van der Waals surface area contributed by atoms with Gasteiger partial charge in [0.05, 0.1) is 17.2 Å². The molecule has 0 bridgehead atoms.